The molecule has 2 aliphatic carbocycles. The molecule has 1 fully saturated rings. The number of benzene rings is 2. The second kappa shape index (κ2) is 5.61. The van der Waals surface area contributed by atoms with Crippen molar-refractivity contribution in [3.05, 3.63) is 94.0 Å². The first-order valence-corrected chi connectivity index (χ1v) is 11.8. The van der Waals surface area contributed by atoms with Crippen LogP contribution < -0.4 is 0 Å². The SMILES string of the molecule is ClC1(Cl)CCC[Si]1([C]1C=Cc2ccccc21)[C]1C=Cc2ccccc21. The summed E-state index contributed by atoms with van der Waals surface area (Å²) in [5.74, 6) is 0. The molecule has 5 rings (SSSR count). The Bertz CT molecular complexity index is 835. The van der Waals surface area contributed by atoms with Crippen LogP contribution in [0.5, 0.6) is 0 Å². The molecule has 0 spiro atoms. The van der Waals surface area contributed by atoms with Gasteiger partial charge in [-0.05, 0) is 28.7 Å². The van der Waals surface area contributed by atoms with Crippen LogP contribution in [0, 0.1) is 11.1 Å². The molecule has 0 N–H and O–H groups in total. The quantitative estimate of drug-likeness (QED) is 0.422. The Hall–Kier alpha value is -1.28. The van der Waals surface area contributed by atoms with Gasteiger partial charge in [-0.2, -0.15) is 0 Å². The molecule has 0 nitrogen and oxygen atoms in total. The predicted octanol–water partition coefficient (Wildman–Crippen LogP) is 6.32. The Morgan fingerprint density at radius 3 is 1.72 bits per heavy atom. The number of rotatable bonds is 2. The third kappa shape index (κ3) is 2.13. The van der Waals surface area contributed by atoms with Crippen LogP contribution in [-0.4, -0.2) is 12.0 Å². The van der Waals surface area contributed by atoms with Gasteiger partial charge in [-0.15, -0.1) is 23.2 Å². The fourth-order valence-corrected chi connectivity index (χ4v) is 12.3. The lowest BCUT2D eigenvalue weighted by Crippen LogP contribution is -2.57. The number of halogens is 2. The van der Waals surface area contributed by atoms with Crippen LogP contribution in [0.2, 0.25) is 6.04 Å². The zero-order valence-electron chi connectivity index (χ0n) is 13.8. The summed E-state index contributed by atoms with van der Waals surface area (Å²) in [6, 6.07) is 18.4. The smallest absolute Gasteiger partial charge is 0.106 e. The lowest BCUT2D eigenvalue weighted by Gasteiger charge is -2.44. The summed E-state index contributed by atoms with van der Waals surface area (Å²) in [5, 5.41) is 0. The summed E-state index contributed by atoms with van der Waals surface area (Å²) in [7, 11) is -2.31. The molecule has 0 saturated carbocycles. The Morgan fingerprint density at radius 2 is 1.24 bits per heavy atom. The van der Waals surface area contributed by atoms with Crippen molar-refractivity contribution >= 4 is 43.4 Å². The van der Waals surface area contributed by atoms with Crippen molar-refractivity contribution in [1.82, 2.24) is 0 Å². The molecule has 2 radical (unpaired) electrons. The number of hydrogen-bond donors (Lipinski definition) is 0. The van der Waals surface area contributed by atoms with Crippen molar-refractivity contribution in [2.75, 3.05) is 0 Å². The molecule has 0 amide bonds. The van der Waals surface area contributed by atoms with Gasteiger partial charge in [-0.25, -0.2) is 0 Å². The van der Waals surface area contributed by atoms with E-state index < -0.39 is 12.0 Å². The molecule has 124 valence electrons. The first kappa shape index (κ1) is 15.9. The summed E-state index contributed by atoms with van der Waals surface area (Å²) >= 11 is 14.2. The minimum Gasteiger partial charge on any atom is -0.106 e. The molecule has 1 saturated heterocycles. The number of allylic oxidation sites excluding steroid dienone is 2. The Labute approximate surface area is 160 Å². The van der Waals surface area contributed by atoms with Gasteiger partial charge in [0.25, 0.3) is 0 Å². The van der Waals surface area contributed by atoms with E-state index in [0.29, 0.717) is 0 Å². The molecule has 1 heterocycles. The highest BCUT2D eigenvalue weighted by Crippen LogP contribution is 2.60. The first-order chi connectivity index (χ1) is 12.1. The van der Waals surface area contributed by atoms with Gasteiger partial charge in [0.1, 0.15) is 12.0 Å². The lowest BCUT2D eigenvalue weighted by molar-refractivity contribution is 0.875. The molecule has 1 aliphatic heterocycles. The molecule has 0 aromatic heterocycles. The minimum absolute atomic E-state index is 0.665. The maximum Gasteiger partial charge on any atom is 0.129 e. The largest absolute Gasteiger partial charge is 0.129 e. The summed E-state index contributed by atoms with van der Waals surface area (Å²) in [5.41, 5.74) is 8.04. The maximum atomic E-state index is 7.10. The normalized spacial score (nSPS) is 23.1. The average Bonchev–Trinajstić information content (AvgIpc) is 3.30. The van der Waals surface area contributed by atoms with Crippen molar-refractivity contribution in [2.24, 2.45) is 0 Å². The van der Waals surface area contributed by atoms with Crippen molar-refractivity contribution in [3.8, 4) is 0 Å². The number of alkyl halides is 2. The second-order valence-corrected chi connectivity index (χ2v) is 13.5. The van der Waals surface area contributed by atoms with Crippen LogP contribution in [0.3, 0.4) is 0 Å². The molecule has 0 atom stereocenters. The minimum atomic E-state index is -2.31. The number of fused-ring (bicyclic) bond motifs is 2. The molecule has 3 aliphatic rings. The van der Waals surface area contributed by atoms with Gasteiger partial charge in [0.05, 0.1) is 0 Å². The number of hydrogen-bond acceptors (Lipinski definition) is 0. The van der Waals surface area contributed by atoms with Crippen molar-refractivity contribution in [3.63, 3.8) is 0 Å². The van der Waals surface area contributed by atoms with Crippen LogP contribution in [0.25, 0.3) is 12.2 Å². The van der Waals surface area contributed by atoms with Gasteiger partial charge >= 0.3 is 0 Å². The molecular formula is C22H18Cl2Si. The summed E-state index contributed by atoms with van der Waals surface area (Å²) in [6.45, 7) is 0. The van der Waals surface area contributed by atoms with Crippen LogP contribution >= 0.6 is 23.2 Å². The molecular weight excluding hydrogens is 363 g/mol. The monoisotopic (exact) mass is 380 g/mol. The van der Waals surface area contributed by atoms with E-state index in [4.69, 9.17) is 23.2 Å². The zero-order chi connectivity index (χ0) is 17.1. The highest BCUT2D eigenvalue weighted by atomic mass is 35.5. The van der Waals surface area contributed by atoms with Crippen LogP contribution in [0.4, 0.5) is 0 Å². The van der Waals surface area contributed by atoms with E-state index in [2.05, 4.69) is 72.8 Å². The summed E-state index contributed by atoms with van der Waals surface area (Å²) in [6.07, 6.45) is 11.0. The zero-order valence-corrected chi connectivity index (χ0v) is 16.3. The van der Waals surface area contributed by atoms with E-state index in [-0.39, 0.29) is 0 Å². The van der Waals surface area contributed by atoms with Crippen LogP contribution in [-0.2, 0) is 0 Å². The summed E-state index contributed by atoms with van der Waals surface area (Å²) < 4.78 is -0.665. The Morgan fingerprint density at radius 1 is 0.720 bits per heavy atom. The lowest BCUT2D eigenvalue weighted by atomic mass is 10.1. The topological polar surface area (TPSA) is 0 Å². The average molecular weight is 381 g/mol. The van der Waals surface area contributed by atoms with E-state index in [1.165, 1.54) is 33.3 Å². The fraction of sp³-hybridized carbons (Fsp3) is 0.182. The molecule has 25 heavy (non-hydrogen) atoms. The standard InChI is InChI=1S/C22H18Cl2Si/c23-22(24)14-5-15-25(22,20-12-10-16-6-1-3-8-18(16)20)21-13-11-17-7-2-4-9-19(17)21/h1-4,6-13H,5,14-15H2. The van der Waals surface area contributed by atoms with Crippen molar-refractivity contribution in [1.29, 1.82) is 0 Å². The molecule has 0 unspecified atom stereocenters. The fourth-order valence-electron chi connectivity index (χ4n) is 4.83. The molecule has 2 aromatic rings. The first-order valence-electron chi connectivity index (χ1n) is 8.81. The third-order valence-corrected chi connectivity index (χ3v) is 13.6. The second-order valence-electron chi connectivity index (χ2n) is 7.13. The van der Waals surface area contributed by atoms with Gasteiger partial charge in [0.15, 0.2) is 0 Å². The van der Waals surface area contributed by atoms with Gasteiger partial charge in [0.2, 0.25) is 0 Å². The van der Waals surface area contributed by atoms with Crippen molar-refractivity contribution in [2.45, 2.75) is 22.8 Å². The highest BCUT2D eigenvalue weighted by Gasteiger charge is 2.64. The van der Waals surface area contributed by atoms with E-state index in [9.17, 15) is 0 Å². The molecule has 3 heteroatoms. The van der Waals surface area contributed by atoms with Gasteiger partial charge < -0.3 is 0 Å². The highest BCUT2D eigenvalue weighted by molar-refractivity contribution is 7.06. The van der Waals surface area contributed by atoms with E-state index >= 15 is 0 Å². The maximum absolute atomic E-state index is 7.10. The van der Waals surface area contributed by atoms with Gasteiger partial charge in [-0.3, -0.25) is 0 Å². The van der Waals surface area contributed by atoms with Gasteiger partial charge in [0, 0.05) is 11.1 Å². The molecule has 2 aromatic carbocycles. The van der Waals surface area contributed by atoms with Crippen molar-refractivity contribution < 1.29 is 0 Å². The summed E-state index contributed by atoms with van der Waals surface area (Å²) in [4.78, 5) is 0. The Balaban J connectivity index is 1.71. The van der Waals surface area contributed by atoms with E-state index in [1.807, 2.05) is 0 Å². The van der Waals surface area contributed by atoms with Crippen LogP contribution in [0.1, 0.15) is 35.1 Å². The van der Waals surface area contributed by atoms with E-state index in [0.717, 1.165) is 18.9 Å². The van der Waals surface area contributed by atoms with E-state index in [1.54, 1.807) is 0 Å². The predicted molar refractivity (Wildman–Crippen MR) is 110 cm³/mol. The molecule has 0 bridgehead atoms. The third-order valence-electron chi connectivity index (χ3n) is 5.95. The van der Waals surface area contributed by atoms with Crippen LogP contribution in [0.15, 0.2) is 60.7 Å². The Kier molecular flexibility index (Phi) is 3.57. The van der Waals surface area contributed by atoms with Gasteiger partial charge in [-0.1, -0.05) is 85.3 Å².